The summed E-state index contributed by atoms with van der Waals surface area (Å²) in [4.78, 5) is 43.2. The van der Waals surface area contributed by atoms with Gasteiger partial charge in [-0.15, -0.1) is 0 Å². The average Bonchev–Trinajstić information content (AvgIpc) is 3.08. The monoisotopic (exact) mass is 417 g/mol. The Morgan fingerprint density at radius 3 is 2.53 bits per heavy atom. The zero-order valence-electron chi connectivity index (χ0n) is 17.0. The molecular weight excluding hydrogens is 390 g/mol. The third-order valence-corrected chi connectivity index (χ3v) is 4.50. The number of nitrogens with two attached hydrogens (primary N) is 1. The van der Waals surface area contributed by atoms with Gasteiger partial charge in [0.15, 0.2) is 5.82 Å². The van der Waals surface area contributed by atoms with Crippen LogP contribution in [0.3, 0.4) is 0 Å². The minimum atomic E-state index is -0.833. The number of nitrogens with zero attached hydrogens (tertiary/aromatic N) is 4. The predicted octanol–water partition coefficient (Wildman–Crippen LogP) is 0.160. The van der Waals surface area contributed by atoms with Crippen LogP contribution >= 0.6 is 0 Å². The van der Waals surface area contributed by atoms with E-state index < -0.39 is 5.97 Å². The Morgan fingerprint density at radius 1 is 1.23 bits per heavy atom. The van der Waals surface area contributed by atoms with E-state index in [0.717, 1.165) is 18.9 Å². The molecule has 3 rings (SSSR count). The van der Waals surface area contributed by atoms with Crippen LogP contribution in [-0.2, 0) is 20.9 Å². The van der Waals surface area contributed by atoms with Crippen LogP contribution in [0.2, 0.25) is 0 Å². The van der Waals surface area contributed by atoms with E-state index in [0.29, 0.717) is 31.2 Å². The van der Waals surface area contributed by atoms with Crippen LogP contribution < -0.4 is 11.1 Å². The first-order valence-corrected chi connectivity index (χ1v) is 9.56. The number of carboxylic acids is 1. The molecule has 1 saturated heterocycles. The fraction of sp³-hybridized carbons (Fsp3) is 0.474. The number of aromatic nitrogens is 4. The first-order chi connectivity index (χ1) is 14.3. The second-order valence-electron chi connectivity index (χ2n) is 7.04. The highest BCUT2D eigenvalue weighted by molar-refractivity contribution is 5.80. The van der Waals surface area contributed by atoms with Gasteiger partial charge in [0.2, 0.25) is 11.8 Å². The molecule has 3 heterocycles. The van der Waals surface area contributed by atoms with Crippen molar-refractivity contribution in [2.75, 3.05) is 13.1 Å². The lowest BCUT2D eigenvalue weighted by Gasteiger charge is -2.23. The van der Waals surface area contributed by atoms with Crippen molar-refractivity contribution in [1.29, 1.82) is 0 Å². The van der Waals surface area contributed by atoms with Gasteiger partial charge in [0.05, 0.1) is 12.5 Å². The molecule has 1 fully saturated rings. The average molecular weight is 417 g/mol. The van der Waals surface area contributed by atoms with E-state index in [1.54, 1.807) is 17.3 Å². The Morgan fingerprint density at radius 2 is 1.90 bits per heavy atom. The molecule has 30 heavy (non-hydrogen) atoms. The summed E-state index contributed by atoms with van der Waals surface area (Å²) in [6.07, 6.45) is 4.72. The number of carbonyl (C=O) groups is 3. The third-order valence-electron chi connectivity index (χ3n) is 4.50. The summed E-state index contributed by atoms with van der Waals surface area (Å²) in [7, 11) is 0. The molecule has 0 radical (unpaired) electrons. The first kappa shape index (κ1) is 22.9. The van der Waals surface area contributed by atoms with Gasteiger partial charge in [-0.2, -0.15) is 5.10 Å². The number of carbonyl (C=O) groups excluding carboxylic acids is 2. The number of H-pyrrole nitrogens is 1. The van der Waals surface area contributed by atoms with Crippen molar-refractivity contribution in [3.05, 3.63) is 30.4 Å². The largest absolute Gasteiger partial charge is 0.481 e. The van der Waals surface area contributed by atoms with Gasteiger partial charge >= 0.3 is 0 Å². The Kier molecular flexibility index (Phi) is 8.41. The van der Waals surface area contributed by atoms with Gasteiger partial charge in [0, 0.05) is 50.9 Å². The molecule has 2 atom stereocenters. The fourth-order valence-electron chi connectivity index (χ4n) is 3.01. The zero-order chi connectivity index (χ0) is 22.1. The lowest BCUT2D eigenvalue weighted by molar-refractivity contribution is -0.134. The highest BCUT2D eigenvalue weighted by Crippen LogP contribution is 2.17. The molecule has 2 amide bonds. The molecule has 0 spiro atoms. The van der Waals surface area contributed by atoms with E-state index >= 15 is 0 Å². The van der Waals surface area contributed by atoms with Gasteiger partial charge in [-0.05, 0) is 25.0 Å². The topological polar surface area (TPSA) is 167 Å². The molecule has 2 aromatic rings. The maximum Gasteiger partial charge on any atom is 0.300 e. The minimum absolute atomic E-state index is 0.0580. The van der Waals surface area contributed by atoms with Crippen molar-refractivity contribution in [1.82, 2.24) is 30.4 Å². The summed E-state index contributed by atoms with van der Waals surface area (Å²) < 4.78 is 0. The van der Waals surface area contributed by atoms with Crippen LogP contribution in [-0.4, -0.2) is 67.1 Å². The van der Waals surface area contributed by atoms with Gasteiger partial charge in [-0.25, -0.2) is 4.98 Å². The maximum absolute atomic E-state index is 12.5. The van der Waals surface area contributed by atoms with Gasteiger partial charge in [0.1, 0.15) is 5.82 Å². The molecule has 0 unspecified atom stereocenters. The summed E-state index contributed by atoms with van der Waals surface area (Å²) in [6.45, 7) is 3.73. The van der Waals surface area contributed by atoms with Crippen LogP contribution in [0.5, 0.6) is 0 Å². The minimum Gasteiger partial charge on any atom is -0.481 e. The van der Waals surface area contributed by atoms with Crippen molar-refractivity contribution in [2.24, 2.45) is 11.7 Å². The van der Waals surface area contributed by atoms with E-state index in [1.165, 1.54) is 6.92 Å². The second kappa shape index (κ2) is 11.0. The predicted molar refractivity (Wildman–Crippen MR) is 108 cm³/mol. The third kappa shape index (κ3) is 7.24. The molecule has 0 saturated carbocycles. The molecule has 0 aliphatic carbocycles. The quantitative estimate of drug-likeness (QED) is 0.545. The van der Waals surface area contributed by atoms with Crippen LogP contribution in [0.1, 0.15) is 32.5 Å². The lowest BCUT2D eigenvalue weighted by Crippen LogP contribution is -2.42. The Labute approximate surface area is 174 Å². The van der Waals surface area contributed by atoms with Crippen molar-refractivity contribution in [3.8, 4) is 11.4 Å². The molecule has 162 valence electrons. The molecule has 5 N–H and O–H groups in total. The van der Waals surface area contributed by atoms with Crippen molar-refractivity contribution in [3.63, 3.8) is 0 Å². The van der Waals surface area contributed by atoms with Crippen LogP contribution in [0, 0.1) is 5.92 Å². The van der Waals surface area contributed by atoms with Crippen molar-refractivity contribution < 1.29 is 19.5 Å². The molecule has 0 bridgehead atoms. The van der Waals surface area contributed by atoms with Gasteiger partial charge in [0.25, 0.3) is 5.97 Å². The van der Waals surface area contributed by atoms with Gasteiger partial charge < -0.3 is 21.1 Å². The Bertz CT molecular complexity index is 852. The van der Waals surface area contributed by atoms with Crippen molar-refractivity contribution in [2.45, 2.75) is 39.3 Å². The second-order valence-corrected chi connectivity index (χ2v) is 7.04. The van der Waals surface area contributed by atoms with E-state index in [2.05, 4.69) is 25.5 Å². The number of carboxylic acid groups (broad SMARTS) is 1. The smallest absolute Gasteiger partial charge is 0.300 e. The number of nitrogens with one attached hydrogen (secondary N) is 2. The summed E-state index contributed by atoms with van der Waals surface area (Å²) in [5.41, 5.74) is 6.85. The molecular formula is C19H27N7O4. The lowest BCUT2D eigenvalue weighted by atomic mass is 10.0. The molecule has 1 aliphatic rings. The number of amides is 2. The highest BCUT2D eigenvalue weighted by Gasteiger charge is 2.28. The van der Waals surface area contributed by atoms with E-state index in [4.69, 9.17) is 15.6 Å². The Hall–Kier alpha value is -3.34. The first-order valence-electron chi connectivity index (χ1n) is 9.56. The number of rotatable bonds is 4. The molecule has 0 aromatic carbocycles. The normalized spacial score (nSPS) is 18.6. The summed E-state index contributed by atoms with van der Waals surface area (Å²) in [5.74, 6) is -0.140. The standard InChI is InChI=1S/C17H23N7O2.C2H4O2/c1-11(25)24-9-13(2-3-14(18)10-24)17(26)20-8-15-21-16(23-22-15)12-4-6-19-7-5-12;1-2(3)4/h4-7,13-14H,2-3,8-10,18H2,1H3,(H,20,26)(H,21,22,23);1H3,(H,3,4)/t13-,14+;/m1./s1. The zero-order valence-corrected chi connectivity index (χ0v) is 17.0. The Balaban J connectivity index is 0.000000735. The molecule has 1 aliphatic heterocycles. The summed E-state index contributed by atoms with van der Waals surface area (Å²) >= 11 is 0. The SMILES string of the molecule is CC(=O)N1C[C@@H](N)CC[C@@H](C(=O)NCc2nc(-c3ccncc3)n[nH]2)C1.CC(=O)O. The molecule has 11 heteroatoms. The number of hydrogen-bond acceptors (Lipinski definition) is 7. The van der Waals surface area contributed by atoms with E-state index in [9.17, 15) is 9.59 Å². The number of pyridine rings is 1. The van der Waals surface area contributed by atoms with Crippen molar-refractivity contribution >= 4 is 17.8 Å². The summed E-state index contributed by atoms with van der Waals surface area (Å²) in [6, 6.07) is 3.54. The number of hydrogen-bond donors (Lipinski definition) is 4. The van der Waals surface area contributed by atoms with Crippen LogP contribution in [0.15, 0.2) is 24.5 Å². The highest BCUT2D eigenvalue weighted by atomic mass is 16.4. The van der Waals surface area contributed by atoms with Crippen LogP contribution in [0.25, 0.3) is 11.4 Å². The van der Waals surface area contributed by atoms with Gasteiger partial charge in [-0.3, -0.25) is 24.5 Å². The van der Waals surface area contributed by atoms with Crippen LogP contribution in [0.4, 0.5) is 0 Å². The molecule has 2 aromatic heterocycles. The van der Waals surface area contributed by atoms with E-state index in [-0.39, 0.29) is 30.3 Å². The summed E-state index contributed by atoms with van der Waals surface area (Å²) in [5, 5.41) is 17.3. The van der Waals surface area contributed by atoms with E-state index in [1.807, 2.05) is 12.1 Å². The number of aliphatic carboxylic acids is 1. The van der Waals surface area contributed by atoms with Gasteiger partial charge in [-0.1, -0.05) is 0 Å². The fourth-order valence-corrected chi connectivity index (χ4v) is 3.01. The molecule has 11 nitrogen and oxygen atoms in total. The number of aromatic amines is 1. The maximum atomic E-state index is 12.5. The number of likely N-dealkylation sites (tertiary alicyclic amines) is 1.